The number of anilines is 1. The third-order valence-electron chi connectivity index (χ3n) is 1.84. The number of benzene rings is 1. The lowest BCUT2D eigenvalue weighted by Gasteiger charge is -2.03. The van der Waals surface area contributed by atoms with Crippen LogP contribution in [0.1, 0.15) is 0 Å². The number of aromatic nitrogens is 1. The van der Waals surface area contributed by atoms with Gasteiger partial charge in [-0.25, -0.2) is 0 Å². The Kier molecular flexibility index (Phi) is 2.78. The summed E-state index contributed by atoms with van der Waals surface area (Å²) in [5.74, 6) is 0.215. The minimum Gasteiger partial charge on any atom is -0.368 e. The summed E-state index contributed by atoms with van der Waals surface area (Å²) in [6, 6.07) is 4.90. The topological polar surface area (TPSA) is 52.0 Å². The Balaban J connectivity index is 2.59. The Morgan fingerprint density at radius 3 is 2.47 bits per heavy atom. The van der Waals surface area contributed by atoms with Crippen LogP contribution in [-0.4, -0.2) is 5.16 Å². The van der Waals surface area contributed by atoms with Crippen LogP contribution in [-0.2, 0) is 0 Å². The Labute approximate surface area is 101 Å². The highest BCUT2D eigenvalue weighted by Gasteiger charge is 2.13. The van der Waals surface area contributed by atoms with Gasteiger partial charge in [0.2, 0.25) is 5.88 Å². The van der Waals surface area contributed by atoms with Crippen molar-refractivity contribution in [3.8, 4) is 11.3 Å². The van der Waals surface area contributed by atoms with Gasteiger partial charge in [-0.15, -0.1) is 0 Å². The van der Waals surface area contributed by atoms with Crippen LogP contribution in [0, 0.1) is 0 Å². The Bertz CT molecular complexity index is 510. The van der Waals surface area contributed by atoms with Gasteiger partial charge in [0.05, 0.1) is 15.1 Å². The average Bonchev–Trinajstić information content (AvgIpc) is 2.61. The maximum atomic E-state index is 6.00. The van der Waals surface area contributed by atoms with Gasteiger partial charge in [-0.05, 0) is 12.1 Å². The molecule has 0 atom stereocenters. The van der Waals surface area contributed by atoms with Gasteiger partial charge in [-0.3, -0.25) is 0 Å². The van der Waals surface area contributed by atoms with E-state index in [1.54, 1.807) is 18.2 Å². The van der Waals surface area contributed by atoms with Crippen molar-refractivity contribution in [2.45, 2.75) is 0 Å². The van der Waals surface area contributed by atoms with Crippen molar-refractivity contribution in [1.29, 1.82) is 0 Å². The molecule has 2 aromatic rings. The van der Waals surface area contributed by atoms with Crippen LogP contribution in [0.25, 0.3) is 11.3 Å². The molecule has 0 fully saturated rings. The van der Waals surface area contributed by atoms with E-state index in [-0.39, 0.29) is 10.9 Å². The van der Waals surface area contributed by atoms with Crippen molar-refractivity contribution in [3.63, 3.8) is 0 Å². The normalized spacial score (nSPS) is 10.6. The quantitative estimate of drug-likeness (QED) is 0.794. The first kappa shape index (κ1) is 10.6. The van der Waals surface area contributed by atoms with E-state index in [2.05, 4.69) is 5.16 Å². The second kappa shape index (κ2) is 3.93. The summed E-state index contributed by atoms with van der Waals surface area (Å²) in [7, 11) is 0. The third-order valence-corrected chi connectivity index (χ3v) is 3.13. The molecule has 78 valence electrons. The Hall–Kier alpha value is -0.900. The second-order valence-corrected chi connectivity index (χ2v) is 4.00. The number of hydrogen-bond donors (Lipinski definition) is 1. The smallest absolute Gasteiger partial charge is 0.222 e. The van der Waals surface area contributed by atoms with E-state index in [0.29, 0.717) is 21.3 Å². The molecule has 1 aromatic heterocycles. The van der Waals surface area contributed by atoms with E-state index in [9.17, 15) is 0 Å². The molecule has 1 aromatic carbocycles. The molecular weight excluding hydrogens is 258 g/mol. The highest BCUT2D eigenvalue weighted by Crippen LogP contribution is 2.37. The van der Waals surface area contributed by atoms with Crippen LogP contribution in [0.3, 0.4) is 0 Å². The highest BCUT2D eigenvalue weighted by molar-refractivity contribution is 6.49. The molecule has 0 radical (unpaired) electrons. The lowest BCUT2D eigenvalue weighted by atomic mass is 10.1. The van der Waals surface area contributed by atoms with Crippen LogP contribution in [0.2, 0.25) is 15.1 Å². The summed E-state index contributed by atoms with van der Waals surface area (Å²) in [6.07, 6.45) is 0. The van der Waals surface area contributed by atoms with Crippen LogP contribution >= 0.6 is 34.8 Å². The van der Waals surface area contributed by atoms with Crippen LogP contribution in [0.15, 0.2) is 22.7 Å². The van der Waals surface area contributed by atoms with E-state index in [1.165, 1.54) is 0 Å². The molecule has 2 N–H and O–H groups in total. The zero-order chi connectivity index (χ0) is 11.0. The lowest BCUT2D eigenvalue weighted by Crippen LogP contribution is -1.81. The van der Waals surface area contributed by atoms with Gasteiger partial charge in [-0.2, -0.15) is 0 Å². The minimum atomic E-state index is 0.215. The average molecular weight is 264 g/mol. The van der Waals surface area contributed by atoms with Gasteiger partial charge < -0.3 is 10.3 Å². The molecule has 0 spiro atoms. The van der Waals surface area contributed by atoms with E-state index in [1.807, 2.05) is 0 Å². The summed E-state index contributed by atoms with van der Waals surface area (Å²) >= 11 is 17.7. The Morgan fingerprint density at radius 2 is 1.87 bits per heavy atom. The summed E-state index contributed by atoms with van der Waals surface area (Å²) in [5.41, 5.74) is 6.56. The zero-order valence-electron chi connectivity index (χ0n) is 7.30. The van der Waals surface area contributed by atoms with Crippen LogP contribution in [0.5, 0.6) is 0 Å². The summed E-state index contributed by atoms with van der Waals surface area (Å²) in [6.45, 7) is 0. The molecular formula is C9H5Cl3N2O. The molecule has 0 aliphatic rings. The number of nitrogens with two attached hydrogens (primary N) is 1. The molecule has 2 rings (SSSR count). The second-order valence-electron chi connectivity index (χ2n) is 2.84. The molecule has 0 aliphatic carbocycles. The number of nitrogens with zero attached hydrogens (tertiary/aromatic N) is 1. The fourth-order valence-corrected chi connectivity index (χ4v) is 1.77. The number of halogens is 3. The molecule has 15 heavy (non-hydrogen) atoms. The number of nitrogen functional groups attached to an aromatic ring is 1. The molecule has 0 amide bonds. The fraction of sp³-hybridized carbons (Fsp3) is 0. The van der Waals surface area contributed by atoms with Crippen molar-refractivity contribution in [2.24, 2.45) is 0 Å². The van der Waals surface area contributed by atoms with E-state index < -0.39 is 0 Å². The molecule has 0 saturated carbocycles. The van der Waals surface area contributed by atoms with E-state index in [0.717, 1.165) is 0 Å². The maximum Gasteiger partial charge on any atom is 0.222 e. The molecule has 3 nitrogen and oxygen atoms in total. The first-order chi connectivity index (χ1) is 7.09. The summed E-state index contributed by atoms with van der Waals surface area (Å²) in [4.78, 5) is 0. The predicted molar refractivity (Wildman–Crippen MR) is 61.4 cm³/mol. The largest absolute Gasteiger partial charge is 0.368 e. The lowest BCUT2D eigenvalue weighted by molar-refractivity contribution is 0.439. The van der Waals surface area contributed by atoms with Gasteiger partial charge in [0.1, 0.15) is 5.69 Å². The van der Waals surface area contributed by atoms with Crippen LogP contribution in [0.4, 0.5) is 5.88 Å². The monoisotopic (exact) mass is 262 g/mol. The van der Waals surface area contributed by atoms with Crippen LogP contribution < -0.4 is 5.73 Å². The van der Waals surface area contributed by atoms with Crippen molar-refractivity contribution in [3.05, 3.63) is 33.3 Å². The van der Waals surface area contributed by atoms with Gasteiger partial charge in [0.15, 0.2) is 0 Å². The van der Waals surface area contributed by atoms with Crippen molar-refractivity contribution in [1.82, 2.24) is 5.16 Å². The standard InChI is InChI=1S/C9H5Cl3N2O/c10-5-2-1-4(8(11)9(5)12)6-3-7(13)15-14-6/h1-3H,13H2. The van der Waals surface area contributed by atoms with Gasteiger partial charge in [0, 0.05) is 11.6 Å². The number of hydrogen-bond acceptors (Lipinski definition) is 3. The van der Waals surface area contributed by atoms with E-state index in [4.69, 9.17) is 45.1 Å². The first-order valence-corrected chi connectivity index (χ1v) is 5.09. The van der Waals surface area contributed by atoms with Gasteiger partial charge >= 0.3 is 0 Å². The predicted octanol–water partition coefficient (Wildman–Crippen LogP) is 3.88. The molecule has 0 bridgehead atoms. The van der Waals surface area contributed by atoms with E-state index >= 15 is 0 Å². The molecule has 0 unspecified atom stereocenters. The Morgan fingerprint density at radius 1 is 1.13 bits per heavy atom. The molecule has 6 heteroatoms. The van der Waals surface area contributed by atoms with Crippen molar-refractivity contribution in [2.75, 3.05) is 5.73 Å². The van der Waals surface area contributed by atoms with Crippen molar-refractivity contribution < 1.29 is 4.52 Å². The molecule has 1 heterocycles. The SMILES string of the molecule is Nc1cc(-c2ccc(Cl)c(Cl)c2Cl)no1. The third kappa shape index (κ3) is 1.91. The minimum absolute atomic E-state index is 0.215. The first-order valence-electron chi connectivity index (χ1n) is 3.95. The number of rotatable bonds is 1. The summed E-state index contributed by atoms with van der Waals surface area (Å²) in [5, 5.41) is 4.74. The van der Waals surface area contributed by atoms with Gasteiger partial charge in [0.25, 0.3) is 0 Å². The molecule has 0 saturated heterocycles. The fourth-order valence-electron chi connectivity index (χ4n) is 1.14. The zero-order valence-corrected chi connectivity index (χ0v) is 9.57. The molecule has 0 aliphatic heterocycles. The highest BCUT2D eigenvalue weighted by atomic mass is 35.5. The van der Waals surface area contributed by atoms with Gasteiger partial charge in [-0.1, -0.05) is 40.0 Å². The summed E-state index contributed by atoms with van der Waals surface area (Å²) < 4.78 is 4.74. The van der Waals surface area contributed by atoms with Crippen molar-refractivity contribution >= 4 is 40.7 Å². The maximum absolute atomic E-state index is 6.00.